The lowest BCUT2D eigenvalue weighted by Crippen LogP contribution is -2.44. The molecule has 2 aromatic carbocycles. The first-order valence-electron chi connectivity index (χ1n) is 9.29. The van der Waals surface area contributed by atoms with Gasteiger partial charge in [0, 0.05) is 33.1 Å². The second kappa shape index (κ2) is 9.21. The number of halogens is 1. The lowest BCUT2D eigenvalue weighted by atomic mass is 10.0. The second-order valence-corrected chi connectivity index (χ2v) is 6.72. The second-order valence-electron chi connectivity index (χ2n) is 6.72. The highest BCUT2D eigenvalue weighted by Gasteiger charge is 2.18. The number of aromatic nitrogens is 2. The number of benzene rings is 2. The summed E-state index contributed by atoms with van der Waals surface area (Å²) in [5.74, 6) is 2.04. The molecule has 2 N–H and O–H groups in total. The average Bonchev–Trinajstić information content (AvgIpc) is 3.10. The predicted molar refractivity (Wildman–Crippen MR) is 122 cm³/mol. The van der Waals surface area contributed by atoms with Gasteiger partial charge in [-0.15, -0.1) is 24.0 Å². The Hall–Kier alpha value is -2.09. The minimum Gasteiger partial charge on any atom is -0.356 e. The number of nitrogens with one attached hydrogen (secondary N) is 2. The molecule has 0 saturated carbocycles. The fourth-order valence-electron chi connectivity index (χ4n) is 3.59. The molecule has 3 aromatic rings. The Morgan fingerprint density at radius 2 is 1.93 bits per heavy atom. The van der Waals surface area contributed by atoms with E-state index < -0.39 is 0 Å². The number of aromatic amines is 1. The van der Waals surface area contributed by atoms with Crippen LogP contribution in [0.3, 0.4) is 0 Å². The van der Waals surface area contributed by atoms with E-state index in [-0.39, 0.29) is 24.0 Å². The maximum Gasteiger partial charge on any atom is 0.193 e. The third-order valence-corrected chi connectivity index (χ3v) is 4.95. The van der Waals surface area contributed by atoms with Gasteiger partial charge in [-0.2, -0.15) is 0 Å². The Balaban J connectivity index is 0.00000210. The van der Waals surface area contributed by atoms with Gasteiger partial charge >= 0.3 is 0 Å². The average molecular weight is 475 g/mol. The van der Waals surface area contributed by atoms with Crippen LogP contribution in [-0.4, -0.2) is 41.0 Å². The minimum absolute atomic E-state index is 0. The van der Waals surface area contributed by atoms with Gasteiger partial charge in [-0.3, -0.25) is 4.99 Å². The topological polar surface area (TPSA) is 56.3 Å². The molecule has 0 atom stereocenters. The number of fused-ring (bicyclic) bond motifs is 2. The first-order valence-corrected chi connectivity index (χ1v) is 9.29. The zero-order valence-electron chi connectivity index (χ0n) is 15.6. The van der Waals surface area contributed by atoms with Crippen LogP contribution in [0.4, 0.5) is 0 Å². The molecule has 0 unspecified atom stereocenters. The quantitative estimate of drug-likeness (QED) is 0.262. The van der Waals surface area contributed by atoms with Crippen molar-refractivity contribution in [3.8, 4) is 0 Å². The van der Waals surface area contributed by atoms with E-state index in [4.69, 9.17) is 0 Å². The lowest BCUT2D eigenvalue weighted by Gasteiger charge is -2.31. The number of aliphatic imine (C=N–C) groups is 1. The van der Waals surface area contributed by atoms with Crippen molar-refractivity contribution in [2.75, 3.05) is 20.1 Å². The predicted octanol–water partition coefficient (Wildman–Crippen LogP) is 3.75. The molecule has 27 heavy (non-hydrogen) atoms. The number of rotatable bonds is 4. The molecular weight excluding hydrogens is 449 g/mol. The monoisotopic (exact) mass is 475 g/mol. The SMILES string of the molecule is CN=C(NCCCc1nc2ccccc2[nH]1)N1CCc2ccccc2C1.I. The van der Waals surface area contributed by atoms with E-state index in [2.05, 4.69) is 55.5 Å². The third kappa shape index (κ3) is 4.61. The number of guanidine groups is 1. The number of hydrogen-bond acceptors (Lipinski definition) is 2. The summed E-state index contributed by atoms with van der Waals surface area (Å²) in [6.07, 6.45) is 3.03. The standard InChI is InChI=1S/C21H25N5.HI/c1-22-21(26-14-12-16-7-2-3-8-17(16)15-26)23-13-6-11-20-24-18-9-4-5-10-19(18)25-20;/h2-5,7-10H,6,11-15H2,1H3,(H,22,23)(H,24,25);1H. The van der Waals surface area contributed by atoms with Crippen molar-refractivity contribution in [1.82, 2.24) is 20.2 Å². The van der Waals surface area contributed by atoms with Gasteiger partial charge in [0.25, 0.3) is 0 Å². The van der Waals surface area contributed by atoms with Crippen LogP contribution >= 0.6 is 24.0 Å². The molecule has 1 aliphatic rings. The fourth-order valence-corrected chi connectivity index (χ4v) is 3.59. The zero-order chi connectivity index (χ0) is 17.8. The molecule has 5 nitrogen and oxygen atoms in total. The van der Waals surface area contributed by atoms with Gasteiger partial charge in [0.15, 0.2) is 5.96 Å². The number of aryl methyl sites for hydroxylation is 1. The molecule has 4 rings (SSSR count). The molecule has 2 heterocycles. The highest BCUT2D eigenvalue weighted by atomic mass is 127. The van der Waals surface area contributed by atoms with Gasteiger partial charge < -0.3 is 15.2 Å². The summed E-state index contributed by atoms with van der Waals surface area (Å²) in [5.41, 5.74) is 5.02. The molecule has 0 saturated heterocycles. The lowest BCUT2D eigenvalue weighted by molar-refractivity contribution is 0.378. The maximum absolute atomic E-state index is 4.64. The molecular formula is C21H26IN5. The van der Waals surface area contributed by atoms with E-state index in [1.165, 1.54) is 11.1 Å². The highest BCUT2D eigenvalue weighted by molar-refractivity contribution is 14.0. The molecule has 0 fully saturated rings. The summed E-state index contributed by atoms with van der Waals surface area (Å²) in [7, 11) is 1.86. The number of para-hydroxylation sites is 2. The van der Waals surface area contributed by atoms with Crippen LogP contribution in [0.15, 0.2) is 53.5 Å². The summed E-state index contributed by atoms with van der Waals surface area (Å²) in [4.78, 5) is 14.8. The van der Waals surface area contributed by atoms with Crippen LogP contribution in [0.25, 0.3) is 11.0 Å². The molecule has 0 aliphatic carbocycles. The summed E-state index contributed by atoms with van der Waals surface area (Å²) >= 11 is 0. The van der Waals surface area contributed by atoms with Crippen LogP contribution < -0.4 is 5.32 Å². The Morgan fingerprint density at radius 3 is 2.74 bits per heavy atom. The molecule has 0 spiro atoms. The Bertz CT molecular complexity index is 885. The number of hydrogen-bond donors (Lipinski definition) is 2. The van der Waals surface area contributed by atoms with Crippen molar-refractivity contribution in [1.29, 1.82) is 0 Å². The Morgan fingerprint density at radius 1 is 1.15 bits per heavy atom. The Kier molecular flexibility index (Phi) is 6.71. The van der Waals surface area contributed by atoms with E-state index in [9.17, 15) is 0 Å². The minimum atomic E-state index is 0. The first-order chi connectivity index (χ1) is 12.8. The zero-order valence-corrected chi connectivity index (χ0v) is 17.9. The van der Waals surface area contributed by atoms with E-state index in [1.54, 1.807) is 0 Å². The molecule has 0 bridgehead atoms. The van der Waals surface area contributed by atoms with Crippen LogP contribution in [0.2, 0.25) is 0 Å². The molecule has 0 amide bonds. The van der Waals surface area contributed by atoms with Gasteiger partial charge in [-0.05, 0) is 36.1 Å². The first kappa shape index (κ1) is 19.7. The van der Waals surface area contributed by atoms with Crippen LogP contribution in [-0.2, 0) is 19.4 Å². The van der Waals surface area contributed by atoms with Crippen molar-refractivity contribution in [3.05, 3.63) is 65.5 Å². The van der Waals surface area contributed by atoms with Crippen LogP contribution in [0, 0.1) is 0 Å². The molecule has 1 aliphatic heterocycles. The van der Waals surface area contributed by atoms with E-state index in [0.717, 1.165) is 61.7 Å². The van der Waals surface area contributed by atoms with Gasteiger partial charge in [0.1, 0.15) is 5.82 Å². The van der Waals surface area contributed by atoms with Crippen molar-refractivity contribution < 1.29 is 0 Å². The van der Waals surface area contributed by atoms with E-state index in [0.29, 0.717) is 0 Å². The number of imidazole rings is 1. The molecule has 6 heteroatoms. The van der Waals surface area contributed by atoms with Gasteiger partial charge in [0.05, 0.1) is 11.0 Å². The Labute approximate surface area is 177 Å². The summed E-state index contributed by atoms with van der Waals surface area (Å²) in [5, 5.41) is 3.51. The molecule has 1 aromatic heterocycles. The van der Waals surface area contributed by atoms with Crippen LogP contribution in [0.5, 0.6) is 0 Å². The summed E-state index contributed by atoms with van der Waals surface area (Å²) in [6.45, 7) is 2.83. The number of H-pyrrole nitrogens is 1. The van der Waals surface area contributed by atoms with Crippen molar-refractivity contribution in [2.45, 2.75) is 25.8 Å². The van der Waals surface area contributed by atoms with Gasteiger partial charge in [-0.1, -0.05) is 36.4 Å². The van der Waals surface area contributed by atoms with Crippen molar-refractivity contribution in [2.24, 2.45) is 4.99 Å². The summed E-state index contributed by atoms with van der Waals surface area (Å²) in [6, 6.07) is 16.9. The third-order valence-electron chi connectivity index (χ3n) is 4.95. The summed E-state index contributed by atoms with van der Waals surface area (Å²) < 4.78 is 0. The normalized spacial score (nSPS) is 14.0. The number of nitrogens with zero attached hydrogens (tertiary/aromatic N) is 3. The smallest absolute Gasteiger partial charge is 0.193 e. The maximum atomic E-state index is 4.64. The van der Waals surface area contributed by atoms with Crippen LogP contribution in [0.1, 0.15) is 23.4 Å². The molecule has 142 valence electrons. The fraction of sp³-hybridized carbons (Fsp3) is 0.333. The van der Waals surface area contributed by atoms with Crippen molar-refractivity contribution in [3.63, 3.8) is 0 Å². The van der Waals surface area contributed by atoms with Crippen molar-refractivity contribution >= 4 is 41.0 Å². The largest absolute Gasteiger partial charge is 0.356 e. The van der Waals surface area contributed by atoms with E-state index >= 15 is 0 Å². The van der Waals surface area contributed by atoms with E-state index in [1.807, 2.05) is 25.2 Å². The van der Waals surface area contributed by atoms with Gasteiger partial charge in [-0.25, -0.2) is 4.98 Å². The highest BCUT2D eigenvalue weighted by Crippen LogP contribution is 2.18. The van der Waals surface area contributed by atoms with Gasteiger partial charge in [0.2, 0.25) is 0 Å². The molecule has 0 radical (unpaired) electrons.